The predicted molar refractivity (Wildman–Crippen MR) is 48.1 cm³/mol. The zero-order chi connectivity index (χ0) is 9.26. The second kappa shape index (κ2) is 3.46. The van der Waals surface area contributed by atoms with Crippen molar-refractivity contribution in [2.75, 3.05) is 0 Å². The van der Waals surface area contributed by atoms with Crippen LogP contribution in [0.4, 0.5) is 0 Å². The van der Waals surface area contributed by atoms with Gasteiger partial charge in [-0.1, -0.05) is 18.5 Å². The first-order valence-corrected chi connectivity index (χ1v) is 4.90. The van der Waals surface area contributed by atoms with E-state index in [1.165, 1.54) is 12.8 Å². The molecule has 0 aliphatic heterocycles. The third kappa shape index (κ3) is 1.88. The molecule has 1 fully saturated rings. The van der Waals surface area contributed by atoms with Crippen molar-refractivity contribution in [3.05, 3.63) is 11.7 Å². The van der Waals surface area contributed by atoms with Crippen molar-refractivity contribution < 1.29 is 4.52 Å². The SMILES string of the molecule is CCCC(N)c1noc(C2CC2)n1. The average molecular weight is 181 g/mol. The van der Waals surface area contributed by atoms with Crippen LogP contribution in [0.15, 0.2) is 4.52 Å². The van der Waals surface area contributed by atoms with Crippen molar-refractivity contribution in [2.24, 2.45) is 5.73 Å². The smallest absolute Gasteiger partial charge is 0.229 e. The zero-order valence-corrected chi connectivity index (χ0v) is 7.86. The van der Waals surface area contributed by atoms with Gasteiger partial charge < -0.3 is 10.3 Å². The fourth-order valence-electron chi connectivity index (χ4n) is 1.33. The summed E-state index contributed by atoms with van der Waals surface area (Å²) in [5.74, 6) is 1.97. The molecule has 1 saturated carbocycles. The van der Waals surface area contributed by atoms with Gasteiger partial charge in [0.05, 0.1) is 6.04 Å². The molecule has 0 amide bonds. The minimum Gasteiger partial charge on any atom is -0.339 e. The van der Waals surface area contributed by atoms with Gasteiger partial charge in [-0.15, -0.1) is 0 Å². The first-order chi connectivity index (χ1) is 6.31. The van der Waals surface area contributed by atoms with Crippen LogP contribution in [0.1, 0.15) is 56.3 Å². The Kier molecular flexibility index (Phi) is 2.31. The molecular formula is C9H15N3O. The summed E-state index contributed by atoms with van der Waals surface area (Å²) >= 11 is 0. The summed E-state index contributed by atoms with van der Waals surface area (Å²) in [5.41, 5.74) is 5.85. The van der Waals surface area contributed by atoms with Gasteiger partial charge in [0.1, 0.15) is 0 Å². The molecule has 4 nitrogen and oxygen atoms in total. The van der Waals surface area contributed by atoms with Crippen molar-refractivity contribution in [3.8, 4) is 0 Å². The standard InChI is InChI=1S/C9H15N3O/c1-2-3-7(10)8-11-9(13-12-8)6-4-5-6/h6-7H,2-5,10H2,1H3. The van der Waals surface area contributed by atoms with E-state index in [9.17, 15) is 0 Å². The number of aromatic nitrogens is 2. The van der Waals surface area contributed by atoms with Gasteiger partial charge >= 0.3 is 0 Å². The fraction of sp³-hybridized carbons (Fsp3) is 0.778. The molecule has 13 heavy (non-hydrogen) atoms. The van der Waals surface area contributed by atoms with Crippen LogP contribution in [-0.2, 0) is 0 Å². The second-order valence-electron chi connectivity index (χ2n) is 3.66. The second-order valence-corrected chi connectivity index (χ2v) is 3.66. The van der Waals surface area contributed by atoms with Crippen molar-refractivity contribution in [1.82, 2.24) is 10.1 Å². The van der Waals surface area contributed by atoms with Crippen LogP contribution in [0.5, 0.6) is 0 Å². The van der Waals surface area contributed by atoms with Crippen molar-refractivity contribution in [3.63, 3.8) is 0 Å². The monoisotopic (exact) mass is 181 g/mol. The Hall–Kier alpha value is -0.900. The molecule has 2 rings (SSSR count). The van der Waals surface area contributed by atoms with E-state index >= 15 is 0 Å². The summed E-state index contributed by atoms with van der Waals surface area (Å²) in [6.07, 6.45) is 4.34. The largest absolute Gasteiger partial charge is 0.339 e. The molecule has 4 heteroatoms. The van der Waals surface area contributed by atoms with E-state index < -0.39 is 0 Å². The first kappa shape index (κ1) is 8.69. The molecule has 0 spiro atoms. The molecule has 1 aromatic rings. The highest BCUT2D eigenvalue weighted by atomic mass is 16.5. The highest BCUT2D eigenvalue weighted by Crippen LogP contribution is 2.39. The third-order valence-electron chi connectivity index (χ3n) is 2.32. The number of rotatable bonds is 4. The van der Waals surface area contributed by atoms with Gasteiger partial charge in [-0.05, 0) is 19.3 Å². The van der Waals surface area contributed by atoms with Crippen LogP contribution in [0.25, 0.3) is 0 Å². The Morgan fingerprint density at radius 1 is 1.62 bits per heavy atom. The molecule has 0 bridgehead atoms. The van der Waals surface area contributed by atoms with Gasteiger partial charge in [-0.3, -0.25) is 0 Å². The molecule has 1 heterocycles. The Morgan fingerprint density at radius 2 is 2.38 bits per heavy atom. The molecule has 1 aliphatic rings. The molecule has 1 unspecified atom stereocenters. The van der Waals surface area contributed by atoms with Crippen molar-refractivity contribution in [1.29, 1.82) is 0 Å². The summed E-state index contributed by atoms with van der Waals surface area (Å²) in [7, 11) is 0. The lowest BCUT2D eigenvalue weighted by Gasteiger charge is -2.02. The summed E-state index contributed by atoms with van der Waals surface area (Å²) in [6, 6.07) is -0.0544. The van der Waals surface area contributed by atoms with E-state index in [0.29, 0.717) is 11.7 Å². The molecule has 2 N–H and O–H groups in total. The fourth-order valence-corrected chi connectivity index (χ4v) is 1.33. The lowest BCUT2D eigenvalue weighted by Crippen LogP contribution is -2.11. The summed E-state index contributed by atoms with van der Waals surface area (Å²) in [4.78, 5) is 4.29. The minimum absolute atomic E-state index is 0.0544. The molecule has 72 valence electrons. The molecule has 0 radical (unpaired) electrons. The van der Waals surface area contributed by atoms with Crippen molar-refractivity contribution >= 4 is 0 Å². The van der Waals surface area contributed by atoms with Crippen LogP contribution in [0, 0.1) is 0 Å². The van der Waals surface area contributed by atoms with E-state index in [0.717, 1.165) is 18.7 Å². The van der Waals surface area contributed by atoms with Crippen LogP contribution >= 0.6 is 0 Å². The third-order valence-corrected chi connectivity index (χ3v) is 2.32. The summed E-state index contributed by atoms with van der Waals surface area (Å²) < 4.78 is 5.11. The van der Waals surface area contributed by atoms with Gasteiger partial charge in [0, 0.05) is 5.92 Å². The molecule has 1 aromatic heterocycles. The average Bonchev–Trinajstić information content (AvgIpc) is 2.84. The topological polar surface area (TPSA) is 64.9 Å². The predicted octanol–water partition coefficient (Wildman–Crippen LogP) is 1.75. The quantitative estimate of drug-likeness (QED) is 0.768. The van der Waals surface area contributed by atoms with E-state index in [2.05, 4.69) is 17.1 Å². The maximum atomic E-state index is 5.85. The lowest BCUT2D eigenvalue weighted by molar-refractivity contribution is 0.369. The molecule has 1 aliphatic carbocycles. The Labute approximate surface area is 77.5 Å². The minimum atomic E-state index is -0.0544. The zero-order valence-electron chi connectivity index (χ0n) is 7.86. The van der Waals surface area contributed by atoms with Gasteiger partial charge in [0.2, 0.25) is 5.89 Å². The molecule has 0 saturated heterocycles. The van der Waals surface area contributed by atoms with Gasteiger partial charge in [0.25, 0.3) is 0 Å². The molecule has 0 aromatic carbocycles. The summed E-state index contributed by atoms with van der Waals surface area (Å²) in [6.45, 7) is 2.10. The van der Waals surface area contributed by atoms with Gasteiger partial charge in [0.15, 0.2) is 5.82 Å². The number of hydrogen-bond acceptors (Lipinski definition) is 4. The highest BCUT2D eigenvalue weighted by molar-refractivity contribution is 5.03. The Balaban J connectivity index is 2.03. The lowest BCUT2D eigenvalue weighted by atomic mass is 10.2. The van der Waals surface area contributed by atoms with E-state index in [1.807, 2.05) is 0 Å². The van der Waals surface area contributed by atoms with Crippen LogP contribution in [-0.4, -0.2) is 10.1 Å². The maximum absolute atomic E-state index is 5.85. The van der Waals surface area contributed by atoms with Gasteiger partial charge in [-0.2, -0.15) is 4.98 Å². The molecular weight excluding hydrogens is 166 g/mol. The van der Waals surface area contributed by atoms with Crippen molar-refractivity contribution in [2.45, 2.75) is 44.6 Å². The van der Waals surface area contributed by atoms with E-state index in [4.69, 9.17) is 10.3 Å². The normalized spacial score (nSPS) is 18.9. The van der Waals surface area contributed by atoms with Crippen LogP contribution < -0.4 is 5.73 Å². The molecule has 1 atom stereocenters. The maximum Gasteiger partial charge on any atom is 0.229 e. The number of nitrogens with two attached hydrogens (primary N) is 1. The van der Waals surface area contributed by atoms with Crippen LogP contribution in [0.2, 0.25) is 0 Å². The number of hydrogen-bond donors (Lipinski definition) is 1. The number of nitrogens with zero attached hydrogens (tertiary/aromatic N) is 2. The van der Waals surface area contributed by atoms with E-state index in [1.54, 1.807) is 0 Å². The first-order valence-electron chi connectivity index (χ1n) is 4.90. The Bertz CT molecular complexity index is 280. The van der Waals surface area contributed by atoms with Gasteiger partial charge in [-0.25, -0.2) is 0 Å². The Morgan fingerprint density at radius 3 is 3.00 bits per heavy atom. The van der Waals surface area contributed by atoms with E-state index in [-0.39, 0.29) is 6.04 Å². The van der Waals surface area contributed by atoms with Crippen LogP contribution in [0.3, 0.4) is 0 Å². The summed E-state index contributed by atoms with van der Waals surface area (Å²) in [5, 5.41) is 3.88. The highest BCUT2D eigenvalue weighted by Gasteiger charge is 2.30.